The Morgan fingerprint density at radius 3 is 2.50 bits per heavy atom. The van der Waals surface area contributed by atoms with Crippen molar-refractivity contribution in [1.29, 1.82) is 0 Å². The van der Waals surface area contributed by atoms with Crippen molar-refractivity contribution in [3.05, 3.63) is 58.3 Å². The number of hydrogen-bond acceptors (Lipinski definition) is 3. The van der Waals surface area contributed by atoms with Crippen molar-refractivity contribution in [2.75, 3.05) is 10.7 Å². The molecule has 0 bridgehead atoms. The highest BCUT2D eigenvalue weighted by atomic mass is 79.9. The van der Waals surface area contributed by atoms with Crippen molar-refractivity contribution in [3.8, 4) is 0 Å². The molecule has 1 fully saturated rings. The lowest BCUT2D eigenvalue weighted by Gasteiger charge is -2.11. The van der Waals surface area contributed by atoms with E-state index in [1.165, 1.54) is 18.2 Å². The molecular formula is C18H18BrFN4O2. The van der Waals surface area contributed by atoms with E-state index in [1.54, 1.807) is 0 Å². The Kier molecular flexibility index (Phi) is 5.72. The topological polar surface area (TPSA) is 82.3 Å². The van der Waals surface area contributed by atoms with Crippen LogP contribution in [0.25, 0.3) is 0 Å². The zero-order valence-corrected chi connectivity index (χ0v) is 15.4. The third kappa shape index (κ3) is 5.19. The molecule has 0 radical (unpaired) electrons. The van der Waals surface area contributed by atoms with Gasteiger partial charge in [-0.2, -0.15) is 0 Å². The van der Waals surface area contributed by atoms with Crippen LogP contribution in [-0.2, 0) is 11.3 Å². The number of hydrogen-bond donors (Lipinski definition) is 4. The standard InChI is InChI=1S/C18H18BrFN4O2/c19-15-9-13(20)5-8-16(15)23-24-18(26)21-10-11-1-6-14(7-2-11)22-17(25)12-3-4-12/h1-2,5-9,12,23H,3-4,10H2,(H,22,25)(H2,21,24,26). The van der Waals surface area contributed by atoms with Gasteiger partial charge in [-0.15, -0.1) is 0 Å². The maximum absolute atomic E-state index is 13.0. The zero-order valence-electron chi connectivity index (χ0n) is 13.8. The summed E-state index contributed by atoms with van der Waals surface area (Å²) in [5.41, 5.74) is 7.36. The van der Waals surface area contributed by atoms with Crippen LogP contribution in [0.1, 0.15) is 18.4 Å². The highest BCUT2D eigenvalue weighted by molar-refractivity contribution is 9.10. The van der Waals surface area contributed by atoms with Crippen LogP contribution < -0.4 is 21.5 Å². The minimum atomic E-state index is -0.424. The zero-order chi connectivity index (χ0) is 18.5. The Hall–Kier alpha value is -2.61. The Morgan fingerprint density at radius 1 is 1.12 bits per heavy atom. The maximum Gasteiger partial charge on any atom is 0.333 e. The molecule has 2 aromatic carbocycles. The van der Waals surface area contributed by atoms with Gasteiger partial charge in [0.15, 0.2) is 0 Å². The lowest BCUT2D eigenvalue weighted by molar-refractivity contribution is -0.117. The van der Waals surface area contributed by atoms with Crippen LogP contribution in [0.5, 0.6) is 0 Å². The molecule has 0 heterocycles. The summed E-state index contributed by atoms with van der Waals surface area (Å²) < 4.78 is 13.5. The van der Waals surface area contributed by atoms with Gasteiger partial charge >= 0.3 is 6.03 Å². The molecule has 0 aromatic heterocycles. The molecule has 8 heteroatoms. The summed E-state index contributed by atoms with van der Waals surface area (Å²) in [6.07, 6.45) is 1.93. The number of benzene rings is 2. The summed E-state index contributed by atoms with van der Waals surface area (Å²) >= 11 is 3.21. The van der Waals surface area contributed by atoms with E-state index in [9.17, 15) is 14.0 Å². The molecule has 1 saturated carbocycles. The molecule has 0 atom stereocenters. The summed E-state index contributed by atoms with van der Waals surface area (Å²) in [5, 5.41) is 5.56. The van der Waals surface area contributed by atoms with E-state index >= 15 is 0 Å². The van der Waals surface area contributed by atoms with Gasteiger partial charge in [-0.05, 0) is 64.7 Å². The van der Waals surface area contributed by atoms with E-state index in [0.29, 0.717) is 16.7 Å². The second kappa shape index (κ2) is 8.18. The fourth-order valence-corrected chi connectivity index (χ4v) is 2.69. The van der Waals surface area contributed by atoms with E-state index in [4.69, 9.17) is 0 Å². The minimum Gasteiger partial charge on any atom is -0.333 e. The Morgan fingerprint density at radius 2 is 1.85 bits per heavy atom. The minimum absolute atomic E-state index is 0.0632. The van der Waals surface area contributed by atoms with Crippen LogP contribution in [-0.4, -0.2) is 11.9 Å². The number of rotatable bonds is 6. The van der Waals surface area contributed by atoms with Gasteiger partial charge in [0.1, 0.15) is 5.82 Å². The molecule has 6 nitrogen and oxygen atoms in total. The second-order valence-electron chi connectivity index (χ2n) is 6.02. The van der Waals surface area contributed by atoms with Gasteiger partial charge in [0.05, 0.1) is 5.69 Å². The fraction of sp³-hybridized carbons (Fsp3) is 0.222. The Bertz CT molecular complexity index is 809. The average Bonchev–Trinajstić information content (AvgIpc) is 3.45. The molecule has 1 aliphatic rings. The molecule has 0 saturated heterocycles. The Labute approximate surface area is 158 Å². The first-order valence-electron chi connectivity index (χ1n) is 8.16. The summed E-state index contributed by atoms with van der Waals surface area (Å²) in [6, 6.07) is 11.0. The fourth-order valence-electron chi connectivity index (χ4n) is 2.24. The predicted molar refractivity (Wildman–Crippen MR) is 101 cm³/mol. The maximum atomic E-state index is 13.0. The normalized spacial score (nSPS) is 13.0. The lowest BCUT2D eigenvalue weighted by Crippen LogP contribution is -2.38. The summed E-state index contributed by atoms with van der Waals surface area (Å²) in [6.45, 7) is 0.328. The van der Waals surface area contributed by atoms with Crippen LogP contribution >= 0.6 is 15.9 Å². The SMILES string of the molecule is O=C(NCc1ccc(NC(=O)C2CC2)cc1)NNc1ccc(F)cc1Br. The second-order valence-corrected chi connectivity index (χ2v) is 6.87. The van der Waals surface area contributed by atoms with Crippen molar-refractivity contribution in [3.63, 3.8) is 0 Å². The smallest absolute Gasteiger partial charge is 0.333 e. The average molecular weight is 421 g/mol. The highest BCUT2D eigenvalue weighted by Crippen LogP contribution is 2.30. The van der Waals surface area contributed by atoms with Gasteiger partial charge in [0.2, 0.25) is 5.91 Å². The first-order chi connectivity index (χ1) is 12.5. The van der Waals surface area contributed by atoms with E-state index in [0.717, 1.165) is 24.1 Å². The number of amides is 3. The van der Waals surface area contributed by atoms with Gasteiger partial charge in [-0.3, -0.25) is 15.6 Å². The van der Waals surface area contributed by atoms with Crippen molar-refractivity contribution < 1.29 is 14.0 Å². The summed E-state index contributed by atoms with van der Waals surface area (Å²) in [7, 11) is 0. The molecule has 3 rings (SSSR count). The van der Waals surface area contributed by atoms with Crippen LogP contribution in [0.3, 0.4) is 0 Å². The van der Waals surface area contributed by atoms with Crippen molar-refractivity contribution in [2.45, 2.75) is 19.4 Å². The quantitative estimate of drug-likeness (QED) is 0.536. The van der Waals surface area contributed by atoms with Crippen LogP contribution in [0.4, 0.5) is 20.6 Å². The number of nitrogens with one attached hydrogen (secondary N) is 4. The predicted octanol–water partition coefficient (Wildman–Crippen LogP) is 3.76. The number of carbonyl (C=O) groups excluding carboxylic acids is 2. The van der Waals surface area contributed by atoms with Gasteiger partial charge in [0.25, 0.3) is 0 Å². The number of hydrazine groups is 1. The number of anilines is 2. The van der Waals surface area contributed by atoms with Crippen LogP contribution in [0.15, 0.2) is 46.9 Å². The first kappa shape index (κ1) is 18.2. The molecule has 2 aromatic rings. The summed E-state index contributed by atoms with van der Waals surface area (Å²) in [4.78, 5) is 23.5. The number of urea groups is 1. The third-order valence-electron chi connectivity index (χ3n) is 3.86. The van der Waals surface area contributed by atoms with Gasteiger partial charge in [0, 0.05) is 22.6 Å². The molecule has 26 heavy (non-hydrogen) atoms. The van der Waals surface area contributed by atoms with Crippen molar-refractivity contribution in [1.82, 2.24) is 10.7 Å². The van der Waals surface area contributed by atoms with Gasteiger partial charge in [-0.1, -0.05) is 12.1 Å². The van der Waals surface area contributed by atoms with E-state index in [1.807, 2.05) is 24.3 Å². The monoisotopic (exact) mass is 420 g/mol. The summed E-state index contributed by atoms with van der Waals surface area (Å²) in [5.74, 6) is -0.148. The molecule has 136 valence electrons. The van der Waals surface area contributed by atoms with Crippen molar-refractivity contribution >= 4 is 39.2 Å². The molecule has 0 unspecified atom stereocenters. The number of carbonyl (C=O) groups is 2. The number of halogens is 2. The first-order valence-corrected chi connectivity index (χ1v) is 8.95. The van der Waals surface area contributed by atoms with Crippen molar-refractivity contribution in [2.24, 2.45) is 5.92 Å². The molecule has 4 N–H and O–H groups in total. The van der Waals surface area contributed by atoms with E-state index in [-0.39, 0.29) is 17.6 Å². The van der Waals surface area contributed by atoms with Crippen LogP contribution in [0, 0.1) is 11.7 Å². The van der Waals surface area contributed by atoms with Gasteiger partial charge in [-0.25, -0.2) is 9.18 Å². The lowest BCUT2D eigenvalue weighted by atomic mass is 10.2. The molecule has 1 aliphatic carbocycles. The molecule has 3 amide bonds. The molecule has 0 spiro atoms. The van der Waals surface area contributed by atoms with Gasteiger partial charge < -0.3 is 10.6 Å². The largest absolute Gasteiger partial charge is 0.333 e. The van der Waals surface area contributed by atoms with E-state index in [2.05, 4.69) is 37.4 Å². The molecule has 0 aliphatic heterocycles. The van der Waals surface area contributed by atoms with Crippen LogP contribution in [0.2, 0.25) is 0 Å². The highest BCUT2D eigenvalue weighted by Gasteiger charge is 2.29. The third-order valence-corrected chi connectivity index (χ3v) is 4.52. The molecular weight excluding hydrogens is 403 g/mol. The Balaban J connectivity index is 1.42. The van der Waals surface area contributed by atoms with E-state index < -0.39 is 6.03 Å².